The molecule has 1 unspecified atom stereocenters. The highest BCUT2D eigenvalue weighted by molar-refractivity contribution is 5.37. The molecule has 0 amide bonds. The van der Waals surface area contributed by atoms with Crippen LogP contribution in [0.2, 0.25) is 0 Å². The van der Waals surface area contributed by atoms with Gasteiger partial charge in [0.15, 0.2) is 0 Å². The van der Waals surface area contributed by atoms with Gasteiger partial charge in [0.05, 0.1) is 6.61 Å². The molecule has 0 bridgehead atoms. The fourth-order valence-corrected chi connectivity index (χ4v) is 1.47. The molecule has 16 heavy (non-hydrogen) atoms. The van der Waals surface area contributed by atoms with Gasteiger partial charge in [-0.25, -0.2) is 0 Å². The first-order chi connectivity index (χ1) is 7.54. The van der Waals surface area contributed by atoms with Gasteiger partial charge in [0.2, 0.25) is 0 Å². The third-order valence-corrected chi connectivity index (χ3v) is 2.95. The van der Waals surface area contributed by atoms with Gasteiger partial charge in [-0.05, 0) is 37.0 Å². The van der Waals surface area contributed by atoms with Crippen LogP contribution in [0.5, 0.6) is 5.75 Å². The van der Waals surface area contributed by atoms with Crippen molar-refractivity contribution in [1.29, 1.82) is 0 Å². The number of hydrogen-bond acceptors (Lipinski definition) is 2. The number of aryl methyl sites for hydroxylation is 1. The van der Waals surface area contributed by atoms with Gasteiger partial charge in [-0.3, -0.25) is 0 Å². The first-order valence-electron chi connectivity index (χ1n) is 6.03. The summed E-state index contributed by atoms with van der Waals surface area (Å²) in [4.78, 5) is 0. The molecule has 0 saturated heterocycles. The van der Waals surface area contributed by atoms with E-state index < -0.39 is 0 Å². The highest BCUT2D eigenvalue weighted by atomic mass is 16.5. The lowest BCUT2D eigenvalue weighted by molar-refractivity contribution is 0.255. The Labute approximate surface area is 98.8 Å². The van der Waals surface area contributed by atoms with Crippen LogP contribution in [0.15, 0.2) is 18.2 Å². The van der Waals surface area contributed by atoms with E-state index in [2.05, 4.69) is 26.8 Å². The molecule has 0 aromatic heterocycles. The number of ether oxygens (including phenoxy) is 1. The molecule has 2 nitrogen and oxygen atoms in total. The monoisotopic (exact) mass is 221 g/mol. The average molecular weight is 221 g/mol. The highest BCUT2D eigenvalue weighted by Crippen LogP contribution is 2.22. The lowest BCUT2D eigenvalue weighted by Crippen LogP contribution is -2.09. The Morgan fingerprint density at radius 2 is 2.00 bits per heavy atom. The van der Waals surface area contributed by atoms with Gasteiger partial charge < -0.3 is 10.5 Å². The number of hydrogen-bond donors (Lipinski definition) is 1. The maximum absolute atomic E-state index is 5.84. The lowest BCUT2D eigenvalue weighted by atomic mass is 10.1. The highest BCUT2D eigenvalue weighted by Gasteiger charge is 2.05. The fourth-order valence-electron chi connectivity index (χ4n) is 1.47. The summed E-state index contributed by atoms with van der Waals surface area (Å²) in [5.74, 6) is 1.58. The molecule has 0 fully saturated rings. The van der Waals surface area contributed by atoms with Gasteiger partial charge >= 0.3 is 0 Å². The summed E-state index contributed by atoms with van der Waals surface area (Å²) in [5, 5.41) is 0. The molecule has 2 heteroatoms. The van der Waals surface area contributed by atoms with Crippen molar-refractivity contribution in [2.24, 2.45) is 11.7 Å². The Balaban J connectivity index is 2.68. The van der Waals surface area contributed by atoms with Gasteiger partial charge in [-0.2, -0.15) is 0 Å². The molecule has 2 N–H and O–H groups in total. The molecule has 0 aliphatic heterocycles. The van der Waals surface area contributed by atoms with Crippen molar-refractivity contribution in [2.45, 2.75) is 40.2 Å². The summed E-state index contributed by atoms with van der Waals surface area (Å²) in [6.45, 7) is 9.23. The van der Waals surface area contributed by atoms with Crippen molar-refractivity contribution < 1.29 is 4.74 Å². The van der Waals surface area contributed by atoms with E-state index in [4.69, 9.17) is 10.5 Å². The first kappa shape index (κ1) is 13.0. The van der Waals surface area contributed by atoms with E-state index >= 15 is 0 Å². The molecule has 1 aromatic rings. The molecule has 0 aliphatic carbocycles. The van der Waals surface area contributed by atoms with E-state index in [-0.39, 0.29) is 6.04 Å². The molecule has 1 aromatic carbocycles. The minimum Gasteiger partial charge on any atom is -0.493 e. The van der Waals surface area contributed by atoms with Crippen LogP contribution < -0.4 is 10.5 Å². The standard InChI is InChI=1S/C14H23NO/c1-5-10(2)9-16-14-7-6-13(12(4)15)8-11(14)3/h6-8,10,12H,5,9,15H2,1-4H3/t10?,12-/m1/s1. The van der Waals surface area contributed by atoms with Crippen LogP contribution in [0.25, 0.3) is 0 Å². The summed E-state index contributed by atoms with van der Waals surface area (Å²) >= 11 is 0. The predicted molar refractivity (Wildman–Crippen MR) is 68.7 cm³/mol. The average Bonchev–Trinajstić information content (AvgIpc) is 2.26. The van der Waals surface area contributed by atoms with Crippen molar-refractivity contribution >= 4 is 0 Å². The largest absolute Gasteiger partial charge is 0.493 e. The number of rotatable bonds is 5. The first-order valence-corrected chi connectivity index (χ1v) is 6.03. The molecule has 0 heterocycles. The van der Waals surface area contributed by atoms with Crippen molar-refractivity contribution in [1.82, 2.24) is 0 Å². The van der Waals surface area contributed by atoms with Crippen molar-refractivity contribution in [3.8, 4) is 5.75 Å². The van der Waals surface area contributed by atoms with Crippen LogP contribution >= 0.6 is 0 Å². The molecule has 0 saturated carbocycles. The smallest absolute Gasteiger partial charge is 0.122 e. The summed E-state index contributed by atoms with van der Waals surface area (Å²) in [5.41, 5.74) is 8.16. The Bertz CT molecular complexity index is 334. The topological polar surface area (TPSA) is 35.2 Å². The molecule has 2 atom stereocenters. The van der Waals surface area contributed by atoms with E-state index in [9.17, 15) is 0 Å². The van der Waals surface area contributed by atoms with Gasteiger partial charge in [0.1, 0.15) is 5.75 Å². The molecule has 1 rings (SSSR count). The Morgan fingerprint density at radius 1 is 1.31 bits per heavy atom. The van der Waals surface area contributed by atoms with Gasteiger partial charge in [0.25, 0.3) is 0 Å². The van der Waals surface area contributed by atoms with Crippen LogP contribution in [0.4, 0.5) is 0 Å². The molecule has 0 spiro atoms. The molecule has 0 aliphatic rings. The van der Waals surface area contributed by atoms with E-state index in [1.54, 1.807) is 0 Å². The maximum Gasteiger partial charge on any atom is 0.122 e. The van der Waals surface area contributed by atoms with Crippen LogP contribution in [0.3, 0.4) is 0 Å². The van der Waals surface area contributed by atoms with E-state index in [0.717, 1.165) is 29.9 Å². The Morgan fingerprint density at radius 3 is 2.50 bits per heavy atom. The second-order valence-electron chi connectivity index (χ2n) is 4.64. The van der Waals surface area contributed by atoms with E-state index in [0.29, 0.717) is 5.92 Å². The zero-order chi connectivity index (χ0) is 12.1. The molecule has 90 valence electrons. The second kappa shape index (κ2) is 5.90. The second-order valence-corrected chi connectivity index (χ2v) is 4.64. The molecular formula is C14H23NO. The van der Waals surface area contributed by atoms with Crippen LogP contribution in [-0.2, 0) is 0 Å². The third kappa shape index (κ3) is 3.53. The van der Waals surface area contributed by atoms with E-state index in [1.807, 2.05) is 19.1 Å². The number of nitrogens with two attached hydrogens (primary N) is 1. The quantitative estimate of drug-likeness (QED) is 0.826. The third-order valence-electron chi connectivity index (χ3n) is 2.95. The van der Waals surface area contributed by atoms with Crippen LogP contribution in [0.1, 0.15) is 44.4 Å². The van der Waals surface area contributed by atoms with Crippen molar-refractivity contribution in [2.75, 3.05) is 6.61 Å². The van der Waals surface area contributed by atoms with Gasteiger partial charge in [-0.1, -0.05) is 32.4 Å². The minimum atomic E-state index is 0.0855. The zero-order valence-electron chi connectivity index (χ0n) is 10.8. The summed E-state index contributed by atoms with van der Waals surface area (Å²) in [7, 11) is 0. The van der Waals surface area contributed by atoms with E-state index in [1.165, 1.54) is 0 Å². The minimum absolute atomic E-state index is 0.0855. The lowest BCUT2D eigenvalue weighted by Gasteiger charge is -2.14. The number of benzene rings is 1. The fraction of sp³-hybridized carbons (Fsp3) is 0.571. The van der Waals surface area contributed by atoms with Gasteiger partial charge in [0, 0.05) is 6.04 Å². The van der Waals surface area contributed by atoms with Crippen molar-refractivity contribution in [3.05, 3.63) is 29.3 Å². The van der Waals surface area contributed by atoms with Gasteiger partial charge in [-0.15, -0.1) is 0 Å². The summed E-state index contributed by atoms with van der Waals surface area (Å²) < 4.78 is 5.78. The zero-order valence-corrected chi connectivity index (χ0v) is 10.8. The SMILES string of the molecule is CCC(C)COc1ccc([C@@H](C)N)cc1C. The molecular weight excluding hydrogens is 198 g/mol. The Kier molecular flexibility index (Phi) is 4.81. The normalized spacial score (nSPS) is 14.6. The summed E-state index contributed by atoms with van der Waals surface area (Å²) in [6, 6.07) is 6.26. The molecule has 0 radical (unpaired) electrons. The van der Waals surface area contributed by atoms with Crippen LogP contribution in [-0.4, -0.2) is 6.61 Å². The summed E-state index contributed by atoms with van der Waals surface area (Å²) in [6.07, 6.45) is 1.15. The van der Waals surface area contributed by atoms with Crippen LogP contribution in [0, 0.1) is 12.8 Å². The predicted octanol–water partition coefficient (Wildman–Crippen LogP) is 3.44. The Hall–Kier alpha value is -1.02. The van der Waals surface area contributed by atoms with Crippen molar-refractivity contribution in [3.63, 3.8) is 0 Å². The maximum atomic E-state index is 5.84.